The lowest BCUT2D eigenvalue weighted by Crippen LogP contribution is -2.48. The summed E-state index contributed by atoms with van der Waals surface area (Å²) >= 11 is 0. The molecule has 1 aromatic rings. The van der Waals surface area contributed by atoms with Crippen molar-refractivity contribution in [3.63, 3.8) is 0 Å². The summed E-state index contributed by atoms with van der Waals surface area (Å²) in [4.78, 5) is 40.4. The summed E-state index contributed by atoms with van der Waals surface area (Å²) < 4.78 is 11.2. The van der Waals surface area contributed by atoms with E-state index in [1.54, 1.807) is 18.2 Å². The van der Waals surface area contributed by atoms with Crippen molar-refractivity contribution in [2.45, 2.75) is 24.5 Å². The van der Waals surface area contributed by atoms with Gasteiger partial charge in [-0.3, -0.25) is 14.4 Å². The zero-order valence-electron chi connectivity index (χ0n) is 13.9. The molecule has 2 bridgehead atoms. The molecule has 1 aliphatic heterocycles. The van der Waals surface area contributed by atoms with Crippen LogP contribution in [0.2, 0.25) is 0 Å². The smallest absolute Gasteiger partial charge is 0.227 e. The third-order valence-electron chi connectivity index (χ3n) is 7.38. The summed E-state index contributed by atoms with van der Waals surface area (Å²) in [5.74, 6) is -0.569. The predicted molar refractivity (Wildman–Crippen MR) is 85.5 cm³/mol. The lowest BCUT2D eigenvalue weighted by atomic mass is 9.67. The lowest BCUT2D eigenvalue weighted by Gasteiger charge is -2.35. The number of benzene rings is 1. The summed E-state index contributed by atoms with van der Waals surface area (Å²) in [6.45, 7) is 1.92. The van der Waals surface area contributed by atoms with E-state index in [1.807, 2.05) is 6.92 Å². The van der Waals surface area contributed by atoms with Crippen molar-refractivity contribution in [1.82, 2.24) is 0 Å². The second-order valence-corrected chi connectivity index (χ2v) is 8.04. The topological polar surface area (TPSA) is 73.0 Å². The third-order valence-corrected chi connectivity index (χ3v) is 7.38. The number of methoxy groups -OCH3 is 1. The van der Waals surface area contributed by atoms with Gasteiger partial charge in [-0.25, -0.2) is 0 Å². The fourth-order valence-electron chi connectivity index (χ4n) is 6.39. The van der Waals surface area contributed by atoms with Gasteiger partial charge in [-0.1, -0.05) is 31.2 Å². The first-order valence-corrected chi connectivity index (χ1v) is 8.64. The molecule has 126 valence electrons. The number of carbonyl (C=O) groups excluding carboxylic acids is 3. The molecule has 5 aliphatic rings. The average molecular weight is 336 g/mol. The van der Waals surface area contributed by atoms with E-state index >= 15 is 0 Å². The van der Waals surface area contributed by atoms with Gasteiger partial charge in [0.25, 0.3) is 0 Å². The highest BCUT2D eigenvalue weighted by Crippen LogP contribution is 2.78. The molecule has 1 aromatic carbocycles. The molecule has 6 atom stereocenters. The molecule has 1 heterocycles. The summed E-state index contributed by atoms with van der Waals surface area (Å²) in [6, 6.07) is 4.98. The van der Waals surface area contributed by atoms with E-state index in [-0.39, 0.29) is 34.9 Å². The Morgan fingerprint density at radius 3 is 2.72 bits per heavy atom. The number of hydrogen-bond acceptors (Lipinski definition) is 5. The number of allylic oxidation sites excluding steroid dienone is 2. The Hall–Kier alpha value is -2.27. The Kier molecular flexibility index (Phi) is 2.03. The Bertz CT molecular complexity index is 961. The highest BCUT2D eigenvalue weighted by Gasteiger charge is 2.97. The first-order chi connectivity index (χ1) is 11.9. The van der Waals surface area contributed by atoms with E-state index in [0.29, 0.717) is 11.3 Å². The standard InChI is InChI=1S/C20H16O5/c1-18-10-7-6-9(8-10)14(18)19-15(21)11-4-3-5-12(24-2)13(11)16(22)20(19,25-19)17(18)23/h3-7,9-10,14H,8H2,1-2H3/t9-,10+,14?,18+,19-,20-/m1/s1. The van der Waals surface area contributed by atoms with Gasteiger partial charge in [0.15, 0.2) is 17.2 Å². The molecular weight excluding hydrogens is 320 g/mol. The summed E-state index contributed by atoms with van der Waals surface area (Å²) in [5, 5.41) is 0. The van der Waals surface area contributed by atoms with Crippen molar-refractivity contribution in [2.75, 3.05) is 7.11 Å². The van der Waals surface area contributed by atoms with Crippen LogP contribution in [0.3, 0.4) is 0 Å². The molecule has 6 rings (SSSR count). The van der Waals surface area contributed by atoms with Crippen LogP contribution in [0.25, 0.3) is 0 Å². The van der Waals surface area contributed by atoms with Gasteiger partial charge in [0, 0.05) is 16.9 Å². The normalized spacial score (nSPS) is 47.4. The fourth-order valence-corrected chi connectivity index (χ4v) is 6.39. The molecule has 0 amide bonds. The van der Waals surface area contributed by atoms with Crippen LogP contribution in [0.15, 0.2) is 30.4 Å². The van der Waals surface area contributed by atoms with Crippen molar-refractivity contribution in [2.24, 2.45) is 23.2 Å². The molecular formula is C20H16O5. The second-order valence-electron chi connectivity index (χ2n) is 8.04. The van der Waals surface area contributed by atoms with Crippen LogP contribution in [-0.4, -0.2) is 35.7 Å². The Morgan fingerprint density at radius 1 is 1.16 bits per heavy atom. The molecule has 1 saturated heterocycles. The van der Waals surface area contributed by atoms with E-state index in [1.165, 1.54) is 7.11 Å². The first kappa shape index (κ1) is 14.0. The van der Waals surface area contributed by atoms with Crippen molar-refractivity contribution < 1.29 is 23.9 Å². The molecule has 0 N–H and O–H groups in total. The molecule has 5 nitrogen and oxygen atoms in total. The van der Waals surface area contributed by atoms with E-state index in [4.69, 9.17) is 9.47 Å². The minimum absolute atomic E-state index is 0.0869. The van der Waals surface area contributed by atoms with Crippen LogP contribution in [0, 0.1) is 23.2 Å². The van der Waals surface area contributed by atoms with E-state index in [9.17, 15) is 14.4 Å². The van der Waals surface area contributed by atoms with Crippen LogP contribution >= 0.6 is 0 Å². The van der Waals surface area contributed by atoms with Gasteiger partial charge in [-0.2, -0.15) is 0 Å². The van der Waals surface area contributed by atoms with Gasteiger partial charge in [-0.05, 0) is 24.3 Å². The Balaban J connectivity index is 1.66. The highest BCUT2D eigenvalue weighted by molar-refractivity contribution is 6.37. The van der Waals surface area contributed by atoms with Crippen LogP contribution < -0.4 is 4.74 Å². The summed E-state index contributed by atoms with van der Waals surface area (Å²) in [6.07, 6.45) is 5.03. The number of hydrogen-bond donors (Lipinski definition) is 0. The predicted octanol–water partition coefficient (Wildman–Crippen LogP) is 1.99. The molecule has 4 aliphatic carbocycles. The quantitative estimate of drug-likeness (QED) is 0.445. The van der Waals surface area contributed by atoms with Gasteiger partial charge in [0.2, 0.25) is 11.4 Å². The molecule has 25 heavy (non-hydrogen) atoms. The molecule has 0 aromatic heterocycles. The van der Waals surface area contributed by atoms with Crippen LogP contribution in [0.5, 0.6) is 5.75 Å². The number of ether oxygens (including phenoxy) is 2. The van der Waals surface area contributed by atoms with Gasteiger partial charge in [-0.15, -0.1) is 0 Å². The third kappa shape index (κ3) is 1.05. The van der Waals surface area contributed by atoms with Crippen LogP contribution in [0.1, 0.15) is 34.1 Å². The SMILES string of the molecule is COc1cccc2c1C(=O)[C@]13O[C@@]1(C2=O)C1[C@@H]2C=C[C@@H](C2)[C@]1(C)C3=O. The number of Topliss-reactive ketones (excluding diaryl/α,β-unsaturated/α-hetero) is 3. The van der Waals surface area contributed by atoms with Crippen molar-refractivity contribution >= 4 is 17.3 Å². The zero-order chi connectivity index (χ0) is 17.4. The number of fused-ring (bicyclic) bond motifs is 6. The average Bonchev–Trinajstić information content (AvgIpc) is 2.86. The largest absolute Gasteiger partial charge is 0.496 e. The van der Waals surface area contributed by atoms with E-state index in [0.717, 1.165) is 6.42 Å². The molecule has 1 unspecified atom stereocenters. The lowest BCUT2D eigenvalue weighted by molar-refractivity contribution is -0.135. The number of ketones is 3. The maximum absolute atomic E-state index is 13.5. The van der Waals surface area contributed by atoms with Gasteiger partial charge in [0.1, 0.15) is 5.75 Å². The van der Waals surface area contributed by atoms with Crippen LogP contribution in [-0.2, 0) is 9.53 Å². The maximum Gasteiger partial charge on any atom is 0.227 e. The monoisotopic (exact) mass is 336 g/mol. The Labute approximate surface area is 144 Å². The molecule has 0 spiro atoms. The summed E-state index contributed by atoms with van der Waals surface area (Å²) in [5.41, 5.74) is -3.12. The van der Waals surface area contributed by atoms with Crippen molar-refractivity contribution in [1.29, 1.82) is 0 Å². The van der Waals surface area contributed by atoms with E-state index < -0.39 is 22.4 Å². The molecule has 2 saturated carbocycles. The number of epoxide rings is 1. The number of carbonyl (C=O) groups is 3. The minimum atomic E-state index is -1.63. The van der Waals surface area contributed by atoms with Gasteiger partial charge < -0.3 is 9.47 Å². The van der Waals surface area contributed by atoms with Gasteiger partial charge in [0.05, 0.1) is 12.7 Å². The van der Waals surface area contributed by atoms with Crippen molar-refractivity contribution in [3.05, 3.63) is 41.5 Å². The maximum atomic E-state index is 13.5. The molecule has 3 fully saturated rings. The zero-order valence-corrected chi connectivity index (χ0v) is 13.9. The van der Waals surface area contributed by atoms with Crippen molar-refractivity contribution in [3.8, 4) is 5.75 Å². The fraction of sp³-hybridized carbons (Fsp3) is 0.450. The van der Waals surface area contributed by atoms with E-state index in [2.05, 4.69) is 12.2 Å². The number of rotatable bonds is 1. The summed E-state index contributed by atoms with van der Waals surface area (Å²) in [7, 11) is 1.46. The minimum Gasteiger partial charge on any atom is -0.496 e. The van der Waals surface area contributed by atoms with Crippen LogP contribution in [0.4, 0.5) is 0 Å². The second kappa shape index (κ2) is 3.63. The molecule has 0 radical (unpaired) electrons. The van der Waals surface area contributed by atoms with Gasteiger partial charge >= 0.3 is 0 Å². The Morgan fingerprint density at radius 2 is 1.96 bits per heavy atom. The first-order valence-electron chi connectivity index (χ1n) is 8.64. The molecule has 5 heteroatoms. The highest BCUT2D eigenvalue weighted by atomic mass is 16.7.